The molecule has 4 nitrogen and oxygen atoms in total. The second-order valence-electron chi connectivity index (χ2n) is 7.08. The standard InChI is InChI=1S/C20H22FN3O/c1-14-4-2-6-18(21)19(14)20(25)24-16-7-8-17(24)13-23(12-16)11-15-5-3-9-22-10-15/h2-6,9-10,16-17H,7-8,11-13H2,1H3. The lowest BCUT2D eigenvalue weighted by Crippen LogP contribution is -2.55. The fraction of sp³-hybridized carbons (Fsp3) is 0.400. The minimum absolute atomic E-state index is 0.149. The Labute approximate surface area is 147 Å². The van der Waals surface area contributed by atoms with Crippen molar-refractivity contribution in [1.82, 2.24) is 14.8 Å². The summed E-state index contributed by atoms with van der Waals surface area (Å²) in [5.74, 6) is -0.564. The molecule has 2 fully saturated rings. The second kappa shape index (κ2) is 6.56. The van der Waals surface area contributed by atoms with Crippen molar-refractivity contribution in [2.24, 2.45) is 0 Å². The summed E-state index contributed by atoms with van der Waals surface area (Å²) in [6.07, 6.45) is 5.66. The number of halogens is 1. The molecule has 25 heavy (non-hydrogen) atoms. The molecule has 0 spiro atoms. The zero-order chi connectivity index (χ0) is 17.4. The van der Waals surface area contributed by atoms with Crippen LogP contribution in [-0.2, 0) is 6.54 Å². The third kappa shape index (κ3) is 3.04. The predicted octanol–water partition coefficient (Wildman–Crippen LogP) is 3.02. The van der Waals surface area contributed by atoms with Crippen molar-refractivity contribution in [3.8, 4) is 0 Å². The summed E-state index contributed by atoms with van der Waals surface area (Å²) >= 11 is 0. The highest BCUT2D eigenvalue weighted by Crippen LogP contribution is 2.33. The second-order valence-corrected chi connectivity index (χ2v) is 7.08. The number of benzene rings is 1. The van der Waals surface area contributed by atoms with Gasteiger partial charge in [-0.2, -0.15) is 0 Å². The van der Waals surface area contributed by atoms with E-state index in [-0.39, 0.29) is 23.6 Å². The van der Waals surface area contributed by atoms with Crippen LogP contribution in [0.1, 0.15) is 34.3 Å². The largest absolute Gasteiger partial charge is 0.330 e. The highest BCUT2D eigenvalue weighted by atomic mass is 19.1. The quantitative estimate of drug-likeness (QED) is 0.862. The number of hydrogen-bond donors (Lipinski definition) is 0. The van der Waals surface area contributed by atoms with Crippen LogP contribution in [0.5, 0.6) is 0 Å². The van der Waals surface area contributed by atoms with Crippen LogP contribution in [0.4, 0.5) is 4.39 Å². The molecule has 2 aliphatic heterocycles. The number of aryl methyl sites for hydroxylation is 1. The van der Waals surface area contributed by atoms with E-state index in [1.165, 1.54) is 11.6 Å². The van der Waals surface area contributed by atoms with Crippen LogP contribution in [0, 0.1) is 12.7 Å². The van der Waals surface area contributed by atoms with E-state index < -0.39 is 5.82 Å². The lowest BCUT2D eigenvalue weighted by atomic mass is 10.0. The van der Waals surface area contributed by atoms with E-state index in [1.807, 2.05) is 17.2 Å². The van der Waals surface area contributed by atoms with Crippen LogP contribution >= 0.6 is 0 Å². The number of piperazine rings is 1. The predicted molar refractivity (Wildman–Crippen MR) is 93.6 cm³/mol. The molecule has 2 saturated heterocycles. The number of carbonyl (C=O) groups excluding carboxylic acids is 1. The minimum atomic E-state index is -0.415. The number of rotatable bonds is 3. The van der Waals surface area contributed by atoms with E-state index in [4.69, 9.17) is 0 Å². The average Bonchev–Trinajstić information content (AvgIpc) is 2.86. The van der Waals surface area contributed by atoms with Crippen molar-refractivity contribution in [2.75, 3.05) is 13.1 Å². The van der Waals surface area contributed by atoms with Gasteiger partial charge in [-0.3, -0.25) is 14.7 Å². The molecule has 0 radical (unpaired) electrons. The summed E-state index contributed by atoms with van der Waals surface area (Å²) in [4.78, 5) is 21.5. The molecule has 3 heterocycles. The molecule has 1 aromatic heterocycles. The Kier molecular flexibility index (Phi) is 4.25. The lowest BCUT2D eigenvalue weighted by molar-refractivity contribution is 0.0400. The van der Waals surface area contributed by atoms with Gasteiger partial charge < -0.3 is 4.90 Å². The van der Waals surface area contributed by atoms with Gasteiger partial charge in [-0.05, 0) is 43.0 Å². The van der Waals surface area contributed by atoms with Crippen molar-refractivity contribution in [1.29, 1.82) is 0 Å². The molecule has 2 unspecified atom stereocenters. The number of hydrogen-bond acceptors (Lipinski definition) is 3. The molecule has 4 rings (SSSR count). The molecule has 0 N–H and O–H groups in total. The maximum absolute atomic E-state index is 14.2. The van der Waals surface area contributed by atoms with Crippen LogP contribution < -0.4 is 0 Å². The van der Waals surface area contributed by atoms with Gasteiger partial charge in [0.25, 0.3) is 5.91 Å². The van der Waals surface area contributed by atoms with E-state index in [1.54, 1.807) is 25.3 Å². The third-order valence-corrected chi connectivity index (χ3v) is 5.36. The van der Waals surface area contributed by atoms with Crippen LogP contribution in [0.15, 0.2) is 42.7 Å². The summed E-state index contributed by atoms with van der Waals surface area (Å²) in [5.41, 5.74) is 2.13. The van der Waals surface area contributed by atoms with Crippen molar-refractivity contribution in [3.05, 3.63) is 65.2 Å². The molecular formula is C20H22FN3O. The topological polar surface area (TPSA) is 36.4 Å². The highest BCUT2D eigenvalue weighted by Gasteiger charge is 2.43. The number of likely N-dealkylation sites (tertiary alicyclic amines) is 1. The maximum Gasteiger partial charge on any atom is 0.257 e. The Morgan fingerprint density at radius 2 is 1.96 bits per heavy atom. The van der Waals surface area contributed by atoms with Crippen LogP contribution in [0.2, 0.25) is 0 Å². The third-order valence-electron chi connectivity index (χ3n) is 5.36. The molecule has 1 aromatic carbocycles. The molecule has 2 atom stereocenters. The first-order valence-corrected chi connectivity index (χ1v) is 8.82. The zero-order valence-electron chi connectivity index (χ0n) is 14.4. The summed E-state index contributed by atoms with van der Waals surface area (Å²) in [6.45, 7) is 4.33. The van der Waals surface area contributed by atoms with E-state index in [2.05, 4.69) is 16.0 Å². The highest BCUT2D eigenvalue weighted by molar-refractivity contribution is 5.96. The molecule has 130 valence electrons. The molecule has 2 bridgehead atoms. The Morgan fingerprint density at radius 3 is 2.60 bits per heavy atom. The summed E-state index contributed by atoms with van der Waals surface area (Å²) in [7, 11) is 0. The van der Waals surface area contributed by atoms with E-state index in [0.717, 1.165) is 32.5 Å². The Hall–Kier alpha value is -2.27. The molecule has 5 heteroatoms. The molecule has 1 amide bonds. The van der Waals surface area contributed by atoms with E-state index in [0.29, 0.717) is 5.56 Å². The van der Waals surface area contributed by atoms with Gasteiger partial charge in [0.2, 0.25) is 0 Å². The molecule has 0 aliphatic carbocycles. The van der Waals surface area contributed by atoms with Crippen molar-refractivity contribution >= 4 is 5.91 Å². The fourth-order valence-corrected chi connectivity index (χ4v) is 4.23. The van der Waals surface area contributed by atoms with Gasteiger partial charge in [-0.25, -0.2) is 4.39 Å². The molecular weight excluding hydrogens is 317 g/mol. The Bertz CT molecular complexity index is 746. The maximum atomic E-state index is 14.2. The SMILES string of the molecule is Cc1cccc(F)c1C(=O)N1C2CCC1CN(Cc1cccnc1)C2. The number of nitrogens with zero attached hydrogens (tertiary/aromatic N) is 3. The molecule has 2 aromatic rings. The summed E-state index contributed by atoms with van der Waals surface area (Å²) < 4.78 is 14.2. The number of amides is 1. The molecule has 2 aliphatic rings. The van der Waals surface area contributed by atoms with E-state index >= 15 is 0 Å². The van der Waals surface area contributed by atoms with Crippen LogP contribution in [0.3, 0.4) is 0 Å². The monoisotopic (exact) mass is 339 g/mol. The number of pyridine rings is 1. The van der Waals surface area contributed by atoms with Gasteiger partial charge in [0.15, 0.2) is 0 Å². The van der Waals surface area contributed by atoms with Gasteiger partial charge in [0, 0.05) is 44.1 Å². The van der Waals surface area contributed by atoms with Crippen LogP contribution in [-0.4, -0.2) is 45.9 Å². The normalized spacial score (nSPS) is 23.0. The van der Waals surface area contributed by atoms with Crippen molar-refractivity contribution < 1.29 is 9.18 Å². The van der Waals surface area contributed by atoms with Gasteiger partial charge in [0.1, 0.15) is 5.82 Å². The fourth-order valence-electron chi connectivity index (χ4n) is 4.23. The zero-order valence-corrected chi connectivity index (χ0v) is 14.4. The summed E-state index contributed by atoms with van der Waals surface area (Å²) in [5, 5.41) is 0. The first-order valence-electron chi connectivity index (χ1n) is 8.82. The Balaban J connectivity index is 1.52. The molecule has 0 saturated carbocycles. The Morgan fingerprint density at radius 1 is 1.20 bits per heavy atom. The van der Waals surface area contributed by atoms with Gasteiger partial charge in [-0.1, -0.05) is 18.2 Å². The number of fused-ring (bicyclic) bond motifs is 2. The van der Waals surface area contributed by atoms with Gasteiger partial charge in [0.05, 0.1) is 5.56 Å². The first-order chi connectivity index (χ1) is 12.1. The average molecular weight is 339 g/mol. The lowest BCUT2D eigenvalue weighted by Gasteiger charge is -2.41. The number of carbonyl (C=O) groups is 1. The number of aromatic nitrogens is 1. The van der Waals surface area contributed by atoms with Crippen LogP contribution in [0.25, 0.3) is 0 Å². The van der Waals surface area contributed by atoms with Gasteiger partial charge in [-0.15, -0.1) is 0 Å². The first kappa shape index (κ1) is 16.2. The van der Waals surface area contributed by atoms with Gasteiger partial charge >= 0.3 is 0 Å². The summed E-state index contributed by atoms with van der Waals surface area (Å²) in [6, 6.07) is 9.20. The van der Waals surface area contributed by atoms with E-state index in [9.17, 15) is 9.18 Å². The minimum Gasteiger partial charge on any atom is -0.330 e. The smallest absolute Gasteiger partial charge is 0.257 e. The van der Waals surface area contributed by atoms with Crippen molar-refractivity contribution in [3.63, 3.8) is 0 Å². The van der Waals surface area contributed by atoms with Crippen molar-refractivity contribution in [2.45, 2.75) is 38.4 Å².